The molecule has 0 aliphatic heterocycles. The third-order valence-corrected chi connectivity index (χ3v) is 4.78. The molecule has 0 atom stereocenters. The number of nitrogens with zero attached hydrogens (tertiary/aromatic N) is 1. The fourth-order valence-corrected chi connectivity index (χ4v) is 3.60. The van der Waals surface area contributed by atoms with Crippen LogP contribution >= 0.6 is 0 Å². The molecular formula is C22H24N2O2. The van der Waals surface area contributed by atoms with Crippen LogP contribution < -0.4 is 14.8 Å². The molecule has 0 amide bonds. The molecule has 0 fully saturated rings. The van der Waals surface area contributed by atoms with Crippen LogP contribution in [0.4, 0.5) is 11.4 Å². The van der Waals surface area contributed by atoms with Crippen molar-refractivity contribution in [3.63, 3.8) is 0 Å². The zero-order chi connectivity index (χ0) is 17.9. The van der Waals surface area contributed by atoms with Gasteiger partial charge in [-0.15, -0.1) is 0 Å². The summed E-state index contributed by atoms with van der Waals surface area (Å²) >= 11 is 0. The summed E-state index contributed by atoms with van der Waals surface area (Å²) in [4.78, 5) is 4.51. The summed E-state index contributed by atoms with van der Waals surface area (Å²) < 4.78 is 11.5. The van der Waals surface area contributed by atoms with Crippen molar-refractivity contribution in [2.45, 2.75) is 33.1 Å². The zero-order valence-corrected chi connectivity index (χ0v) is 15.3. The highest BCUT2D eigenvalue weighted by Gasteiger charge is 2.13. The van der Waals surface area contributed by atoms with Gasteiger partial charge in [0.05, 0.1) is 18.7 Å². The predicted octanol–water partition coefficient (Wildman–Crippen LogP) is 5.26. The predicted molar refractivity (Wildman–Crippen MR) is 106 cm³/mol. The molecule has 0 saturated heterocycles. The molecule has 0 saturated carbocycles. The first-order chi connectivity index (χ1) is 12.8. The molecule has 1 aromatic heterocycles. The molecular weight excluding hydrogens is 324 g/mol. The van der Waals surface area contributed by atoms with Gasteiger partial charge in [0.1, 0.15) is 0 Å². The first kappa shape index (κ1) is 16.7. The van der Waals surface area contributed by atoms with E-state index in [4.69, 9.17) is 9.47 Å². The van der Waals surface area contributed by atoms with Crippen LogP contribution in [0, 0.1) is 0 Å². The van der Waals surface area contributed by atoms with E-state index in [1.54, 1.807) is 0 Å². The Morgan fingerprint density at radius 2 is 1.69 bits per heavy atom. The molecule has 4 nitrogen and oxygen atoms in total. The van der Waals surface area contributed by atoms with Crippen LogP contribution in [-0.4, -0.2) is 18.2 Å². The molecule has 0 spiro atoms. The second-order valence-electron chi connectivity index (χ2n) is 6.50. The quantitative estimate of drug-likeness (QED) is 0.659. The first-order valence-electron chi connectivity index (χ1n) is 9.35. The lowest BCUT2D eigenvalue weighted by Crippen LogP contribution is -2.00. The summed E-state index contributed by atoms with van der Waals surface area (Å²) in [5.74, 6) is 1.50. The van der Waals surface area contributed by atoms with Crippen molar-refractivity contribution in [2.75, 3.05) is 18.5 Å². The summed E-state index contributed by atoms with van der Waals surface area (Å²) in [6.45, 7) is 5.14. The molecule has 4 heteroatoms. The smallest absolute Gasteiger partial charge is 0.163 e. The van der Waals surface area contributed by atoms with Crippen LogP contribution in [0.3, 0.4) is 0 Å². The molecule has 0 unspecified atom stereocenters. The molecule has 1 aliphatic rings. The van der Waals surface area contributed by atoms with Gasteiger partial charge in [-0.2, -0.15) is 0 Å². The topological polar surface area (TPSA) is 43.4 Å². The Morgan fingerprint density at radius 3 is 2.50 bits per heavy atom. The van der Waals surface area contributed by atoms with E-state index in [-0.39, 0.29) is 0 Å². The molecule has 0 bridgehead atoms. The van der Waals surface area contributed by atoms with Gasteiger partial charge in [-0.3, -0.25) is 4.98 Å². The SMILES string of the molecule is CCOc1cc2nccc(Nc3ccc4c(c3)CCC4)c2cc1OCC. The van der Waals surface area contributed by atoms with E-state index >= 15 is 0 Å². The Morgan fingerprint density at radius 1 is 0.923 bits per heavy atom. The third kappa shape index (κ3) is 3.19. The fraction of sp³-hybridized carbons (Fsp3) is 0.318. The minimum absolute atomic E-state index is 0.596. The molecule has 1 heterocycles. The van der Waals surface area contributed by atoms with Crippen molar-refractivity contribution in [3.8, 4) is 11.5 Å². The third-order valence-electron chi connectivity index (χ3n) is 4.78. The number of fused-ring (bicyclic) bond motifs is 2. The van der Waals surface area contributed by atoms with E-state index in [1.165, 1.54) is 30.4 Å². The number of anilines is 2. The van der Waals surface area contributed by atoms with Crippen LogP contribution in [0.15, 0.2) is 42.6 Å². The van der Waals surface area contributed by atoms with Crippen LogP contribution in [0.1, 0.15) is 31.4 Å². The van der Waals surface area contributed by atoms with Crippen LogP contribution in [0.2, 0.25) is 0 Å². The Labute approximate surface area is 154 Å². The summed E-state index contributed by atoms with van der Waals surface area (Å²) in [7, 11) is 0. The second kappa shape index (κ2) is 7.24. The maximum absolute atomic E-state index is 5.78. The lowest BCUT2D eigenvalue weighted by atomic mass is 10.1. The maximum Gasteiger partial charge on any atom is 0.163 e. The molecule has 0 radical (unpaired) electrons. The Balaban J connectivity index is 1.73. The number of aromatic nitrogens is 1. The first-order valence-corrected chi connectivity index (χ1v) is 9.35. The number of rotatable bonds is 6. The van der Waals surface area contributed by atoms with Gasteiger partial charge in [-0.1, -0.05) is 6.07 Å². The number of hydrogen-bond donors (Lipinski definition) is 1. The van der Waals surface area contributed by atoms with Crippen molar-refractivity contribution >= 4 is 22.3 Å². The van der Waals surface area contributed by atoms with E-state index in [2.05, 4.69) is 28.5 Å². The Hall–Kier alpha value is -2.75. The molecule has 134 valence electrons. The largest absolute Gasteiger partial charge is 0.490 e. The van der Waals surface area contributed by atoms with Crippen LogP contribution in [0.5, 0.6) is 11.5 Å². The fourth-order valence-electron chi connectivity index (χ4n) is 3.60. The van der Waals surface area contributed by atoms with Gasteiger partial charge >= 0.3 is 0 Å². The summed E-state index contributed by atoms with van der Waals surface area (Å²) in [5.41, 5.74) is 5.97. The number of aryl methyl sites for hydroxylation is 2. The van der Waals surface area contributed by atoms with Crippen LogP contribution in [0.25, 0.3) is 10.9 Å². The molecule has 1 N–H and O–H groups in total. The minimum atomic E-state index is 0.596. The van der Waals surface area contributed by atoms with Crippen molar-refractivity contribution in [3.05, 3.63) is 53.7 Å². The normalized spacial score (nSPS) is 12.8. The molecule has 2 aromatic carbocycles. The lowest BCUT2D eigenvalue weighted by Gasteiger charge is -2.15. The standard InChI is InChI=1S/C22H24N2O2/c1-3-25-21-13-18-19(10-11-23-20(18)14-22(21)26-4-2)24-17-9-8-15-6-5-7-16(15)12-17/h8-14H,3-7H2,1-2H3,(H,23,24). The summed E-state index contributed by atoms with van der Waals surface area (Å²) in [6, 6.07) is 12.7. The van der Waals surface area contributed by atoms with Gasteiger partial charge in [-0.05, 0) is 68.5 Å². The lowest BCUT2D eigenvalue weighted by molar-refractivity contribution is 0.288. The number of nitrogens with one attached hydrogen (secondary N) is 1. The highest BCUT2D eigenvalue weighted by molar-refractivity contribution is 5.95. The average Bonchev–Trinajstić information content (AvgIpc) is 3.11. The van der Waals surface area contributed by atoms with Crippen molar-refractivity contribution in [1.29, 1.82) is 0 Å². The number of hydrogen-bond acceptors (Lipinski definition) is 4. The zero-order valence-electron chi connectivity index (χ0n) is 15.3. The average molecular weight is 348 g/mol. The molecule has 26 heavy (non-hydrogen) atoms. The van der Waals surface area contributed by atoms with Gasteiger partial charge in [0.2, 0.25) is 0 Å². The molecule has 1 aliphatic carbocycles. The van der Waals surface area contributed by atoms with Gasteiger partial charge in [0.25, 0.3) is 0 Å². The summed E-state index contributed by atoms with van der Waals surface area (Å²) in [6.07, 6.45) is 5.46. The molecule has 3 aromatic rings. The number of ether oxygens (including phenoxy) is 2. The van der Waals surface area contributed by atoms with Gasteiger partial charge in [-0.25, -0.2) is 0 Å². The van der Waals surface area contributed by atoms with E-state index in [1.807, 2.05) is 38.2 Å². The highest BCUT2D eigenvalue weighted by Crippen LogP contribution is 2.36. The Kier molecular flexibility index (Phi) is 4.65. The van der Waals surface area contributed by atoms with Gasteiger partial charge < -0.3 is 14.8 Å². The van der Waals surface area contributed by atoms with Gasteiger partial charge in [0, 0.05) is 29.0 Å². The molecule has 4 rings (SSSR count). The highest BCUT2D eigenvalue weighted by atomic mass is 16.5. The number of pyridine rings is 1. The second-order valence-corrected chi connectivity index (χ2v) is 6.50. The van der Waals surface area contributed by atoms with E-state index in [0.29, 0.717) is 13.2 Å². The van der Waals surface area contributed by atoms with E-state index in [0.717, 1.165) is 33.8 Å². The Bertz CT molecular complexity index is 937. The minimum Gasteiger partial charge on any atom is -0.490 e. The maximum atomic E-state index is 5.78. The number of benzene rings is 2. The van der Waals surface area contributed by atoms with Gasteiger partial charge in [0.15, 0.2) is 11.5 Å². The van der Waals surface area contributed by atoms with Crippen molar-refractivity contribution in [1.82, 2.24) is 4.98 Å². The summed E-state index contributed by atoms with van der Waals surface area (Å²) in [5, 5.41) is 4.59. The van der Waals surface area contributed by atoms with Crippen LogP contribution in [-0.2, 0) is 12.8 Å². The monoisotopic (exact) mass is 348 g/mol. The van der Waals surface area contributed by atoms with Crippen molar-refractivity contribution < 1.29 is 9.47 Å². The van der Waals surface area contributed by atoms with E-state index in [9.17, 15) is 0 Å². The van der Waals surface area contributed by atoms with Crippen molar-refractivity contribution in [2.24, 2.45) is 0 Å². The van der Waals surface area contributed by atoms with E-state index < -0.39 is 0 Å².